The molecule has 2 aliphatic rings. The van der Waals surface area contributed by atoms with Crippen molar-refractivity contribution in [1.29, 1.82) is 0 Å². The zero-order valence-electron chi connectivity index (χ0n) is 13.2. The van der Waals surface area contributed by atoms with Crippen LogP contribution in [0.2, 0.25) is 0 Å². The second kappa shape index (κ2) is 5.13. The third-order valence-corrected chi connectivity index (χ3v) is 4.24. The molecule has 1 atom stereocenters. The number of methoxy groups -OCH3 is 1. The normalized spacial score (nSPS) is 27.5. The molecule has 1 amide bonds. The van der Waals surface area contributed by atoms with E-state index in [1.165, 1.54) is 7.11 Å². The summed E-state index contributed by atoms with van der Waals surface area (Å²) < 4.78 is 4.76. The van der Waals surface area contributed by atoms with Gasteiger partial charge in [0.1, 0.15) is 0 Å². The third-order valence-electron chi connectivity index (χ3n) is 4.24. The molecule has 2 rings (SSSR count). The van der Waals surface area contributed by atoms with E-state index in [2.05, 4.69) is 10.3 Å². The largest absolute Gasteiger partial charge is 0.469 e. The standard InChI is InChI=1S/C16H22N2O3/c1-10-6-11-12(9-17-8-10)15(2,3)18-14(20)16(11,4)7-13(19)21-5/h6,8H,7,9H2,1-5H3,(H,18,20). The van der Waals surface area contributed by atoms with E-state index in [9.17, 15) is 9.59 Å². The maximum atomic E-state index is 12.6. The second-order valence-electron chi connectivity index (χ2n) is 6.41. The molecule has 0 radical (unpaired) electrons. The molecule has 2 heterocycles. The topological polar surface area (TPSA) is 67.8 Å². The maximum absolute atomic E-state index is 12.6. The Morgan fingerprint density at radius 1 is 1.43 bits per heavy atom. The first kappa shape index (κ1) is 15.5. The SMILES string of the molecule is COC(=O)CC1(C)C(=O)NC(C)(C)C2=C1C=C(C)C=NC2. The summed E-state index contributed by atoms with van der Waals surface area (Å²) in [4.78, 5) is 28.8. The lowest BCUT2D eigenvalue weighted by molar-refractivity contribution is -0.147. The lowest BCUT2D eigenvalue weighted by atomic mass is 9.68. The van der Waals surface area contributed by atoms with Crippen LogP contribution < -0.4 is 5.32 Å². The highest BCUT2D eigenvalue weighted by Crippen LogP contribution is 2.43. The molecule has 2 aliphatic heterocycles. The molecule has 0 fully saturated rings. The molecule has 0 aromatic carbocycles. The molecule has 0 saturated heterocycles. The predicted octanol–water partition coefficient (Wildman–Crippen LogP) is 1.79. The predicted molar refractivity (Wildman–Crippen MR) is 81.1 cm³/mol. The number of carbonyl (C=O) groups is 2. The first-order valence-corrected chi connectivity index (χ1v) is 7.02. The van der Waals surface area contributed by atoms with Gasteiger partial charge in [0.05, 0.1) is 31.0 Å². The minimum absolute atomic E-state index is 0.0219. The number of amides is 1. The summed E-state index contributed by atoms with van der Waals surface area (Å²) in [6.45, 7) is 8.17. The highest BCUT2D eigenvalue weighted by Gasteiger charge is 2.48. The van der Waals surface area contributed by atoms with Gasteiger partial charge in [-0.2, -0.15) is 0 Å². The fourth-order valence-corrected chi connectivity index (χ4v) is 2.90. The van der Waals surface area contributed by atoms with Crippen LogP contribution >= 0.6 is 0 Å². The van der Waals surface area contributed by atoms with E-state index in [0.717, 1.165) is 16.7 Å². The monoisotopic (exact) mass is 290 g/mol. The van der Waals surface area contributed by atoms with Crippen LogP contribution in [0.25, 0.3) is 0 Å². The van der Waals surface area contributed by atoms with Gasteiger partial charge in [-0.3, -0.25) is 14.6 Å². The zero-order valence-corrected chi connectivity index (χ0v) is 13.2. The zero-order chi connectivity index (χ0) is 15.8. The molecule has 1 unspecified atom stereocenters. The van der Waals surface area contributed by atoms with Crippen molar-refractivity contribution in [1.82, 2.24) is 5.32 Å². The number of nitrogens with one attached hydrogen (secondary N) is 1. The molecule has 5 nitrogen and oxygen atoms in total. The average Bonchev–Trinajstić information content (AvgIpc) is 2.59. The van der Waals surface area contributed by atoms with Gasteiger partial charge in [-0.1, -0.05) is 6.08 Å². The fourth-order valence-electron chi connectivity index (χ4n) is 2.90. The number of esters is 1. The Morgan fingerprint density at radius 3 is 2.71 bits per heavy atom. The van der Waals surface area contributed by atoms with E-state index in [4.69, 9.17) is 4.74 Å². The van der Waals surface area contributed by atoms with Crippen LogP contribution in [0.4, 0.5) is 0 Å². The van der Waals surface area contributed by atoms with Crippen molar-refractivity contribution < 1.29 is 14.3 Å². The molecular weight excluding hydrogens is 268 g/mol. The first-order chi connectivity index (χ1) is 9.70. The minimum atomic E-state index is -0.924. The van der Waals surface area contributed by atoms with E-state index in [1.807, 2.05) is 26.8 Å². The Kier molecular flexibility index (Phi) is 3.78. The molecule has 1 N–H and O–H groups in total. The van der Waals surface area contributed by atoms with Crippen molar-refractivity contribution in [2.45, 2.75) is 39.7 Å². The molecule has 21 heavy (non-hydrogen) atoms. The number of hydrogen-bond donors (Lipinski definition) is 1. The number of hydrogen-bond acceptors (Lipinski definition) is 4. The van der Waals surface area contributed by atoms with Gasteiger partial charge in [-0.15, -0.1) is 0 Å². The minimum Gasteiger partial charge on any atom is -0.469 e. The third kappa shape index (κ3) is 2.64. The Morgan fingerprint density at radius 2 is 2.10 bits per heavy atom. The van der Waals surface area contributed by atoms with Gasteiger partial charge in [0.25, 0.3) is 0 Å². The van der Waals surface area contributed by atoms with E-state index in [-0.39, 0.29) is 12.3 Å². The van der Waals surface area contributed by atoms with Gasteiger partial charge in [0.15, 0.2) is 0 Å². The smallest absolute Gasteiger partial charge is 0.306 e. The number of allylic oxidation sites excluding steroid dienone is 2. The highest BCUT2D eigenvalue weighted by atomic mass is 16.5. The second-order valence-corrected chi connectivity index (χ2v) is 6.41. The van der Waals surface area contributed by atoms with Crippen LogP contribution in [0.3, 0.4) is 0 Å². The van der Waals surface area contributed by atoms with Gasteiger partial charge in [-0.25, -0.2) is 0 Å². The van der Waals surface area contributed by atoms with E-state index in [0.29, 0.717) is 6.54 Å². The lowest BCUT2D eigenvalue weighted by Crippen LogP contribution is -2.57. The summed E-state index contributed by atoms with van der Waals surface area (Å²) in [6.07, 6.45) is 3.79. The quantitative estimate of drug-likeness (QED) is 0.788. The Hall–Kier alpha value is -1.91. The average molecular weight is 290 g/mol. The van der Waals surface area contributed by atoms with Crippen LogP contribution in [0, 0.1) is 5.41 Å². The maximum Gasteiger partial charge on any atom is 0.306 e. The van der Waals surface area contributed by atoms with Crippen molar-refractivity contribution in [2.24, 2.45) is 10.4 Å². The molecular formula is C16H22N2O3. The highest BCUT2D eigenvalue weighted by molar-refractivity contribution is 5.94. The van der Waals surface area contributed by atoms with Crippen molar-refractivity contribution in [2.75, 3.05) is 13.7 Å². The number of carbonyl (C=O) groups excluding carboxylic acids is 2. The molecule has 0 aromatic rings. The summed E-state index contributed by atoms with van der Waals surface area (Å²) >= 11 is 0. The van der Waals surface area contributed by atoms with Gasteiger partial charge in [0, 0.05) is 6.21 Å². The van der Waals surface area contributed by atoms with E-state index < -0.39 is 16.9 Å². The van der Waals surface area contributed by atoms with Gasteiger partial charge in [0.2, 0.25) is 5.91 Å². The van der Waals surface area contributed by atoms with Crippen molar-refractivity contribution in [3.8, 4) is 0 Å². The van der Waals surface area contributed by atoms with Crippen molar-refractivity contribution >= 4 is 18.1 Å². The van der Waals surface area contributed by atoms with Gasteiger partial charge < -0.3 is 10.1 Å². The van der Waals surface area contributed by atoms with Crippen LogP contribution in [0.1, 0.15) is 34.1 Å². The van der Waals surface area contributed by atoms with Crippen LogP contribution in [0.5, 0.6) is 0 Å². The lowest BCUT2D eigenvalue weighted by Gasteiger charge is -2.43. The Bertz CT molecular complexity index is 584. The fraction of sp³-hybridized carbons (Fsp3) is 0.562. The molecule has 114 valence electrons. The number of ether oxygens (including phenoxy) is 1. The van der Waals surface area contributed by atoms with Gasteiger partial charge >= 0.3 is 5.97 Å². The molecule has 0 aliphatic carbocycles. The van der Waals surface area contributed by atoms with Gasteiger partial charge in [-0.05, 0) is 44.4 Å². The number of rotatable bonds is 2. The first-order valence-electron chi connectivity index (χ1n) is 7.02. The Balaban J connectivity index is 2.62. The van der Waals surface area contributed by atoms with Crippen LogP contribution in [-0.4, -0.2) is 37.3 Å². The number of aliphatic imine (C=N–C) groups is 1. The number of nitrogens with zero attached hydrogens (tertiary/aromatic N) is 1. The Labute approximate surface area is 125 Å². The van der Waals surface area contributed by atoms with Crippen LogP contribution in [0.15, 0.2) is 27.8 Å². The summed E-state index contributed by atoms with van der Waals surface area (Å²) in [5.41, 5.74) is 1.51. The molecule has 0 spiro atoms. The van der Waals surface area contributed by atoms with Crippen LogP contribution in [-0.2, 0) is 14.3 Å². The summed E-state index contributed by atoms with van der Waals surface area (Å²) in [5.74, 6) is -0.543. The summed E-state index contributed by atoms with van der Waals surface area (Å²) in [5, 5.41) is 3.01. The molecule has 0 bridgehead atoms. The van der Waals surface area contributed by atoms with Crippen molar-refractivity contribution in [3.05, 3.63) is 22.8 Å². The van der Waals surface area contributed by atoms with Crippen molar-refractivity contribution in [3.63, 3.8) is 0 Å². The van der Waals surface area contributed by atoms with E-state index in [1.54, 1.807) is 13.1 Å². The van der Waals surface area contributed by atoms with E-state index >= 15 is 0 Å². The molecule has 5 heteroatoms. The summed E-state index contributed by atoms with van der Waals surface area (Å²) in [7, 11) is 1.34. The summed E-state index contributed by atoms with van der Waals surface area (Å²) in [6, 6.07) is 0. The molecule has 0 saturated carbocycles. The molecule has 0 aromatic heterocycles.